The van der Waals surface area contributed by atoms with Gasteiger partial charge in [-0.1, -0.05) is 12.1 Å². The lowest BCUT2D eigenvalue weighted by molar-refractivity contribution is -0.114. The zero-order valence-corrected chi connectivity index (χ0v) is 14.9. The number of halogens is 2. The van der Waals surface area contributed by atoms with Crippen molar-refractivity contribution in [1.82, 2.24) is 0 Å². The van der Waals surface area contributed by atoms with E-state index < -0.39 is 11.6 Å². The van der Waals surface area contributed by atoms with Crippen LogP contribution in [0, 0.1) is 11.6 Å². The fourth-order valence-corrected chi connectivity index (χ4v) is 2.76. The third kappa shape index (κ3) is 4.23. The Balaban J connectivity index is 1.89. The molecule has 140 valence electrons. The highest BCUT2D eigenvalue weighted by Crippen LogP contribution is 2.25. The van der Waals surface area contributed by atoms with E-state index in [1.165, 1.54) is 38.5 Å². The minimum Gasteiger partial charge on any atom is -0.494 e. The molecule has 0 unspecified atom stereocenters. The van der Waals surface area contributed by atoms with E-state index in [4.69, 9.17) is 14.2 Å². The summed E-state index contributed by atoms with van der Waals surface area (Å²) >= 11 is 0. The average molecular weight is 372 g/mol. The smallest absolute Gasteiger partial charge is 0.189 e. The zero-order valence-electron chi connectivity index (χ0n) is 14.9. The molecule has 0 amide bonds. The van der Waals surface area contributed by atoms with Crippen LogP contribution < -0.4 is 9.47 Å². The van der Waals surface area contributed by atoms with E-state index in [2.05, 4.69) is 0 Å². The van der Waals surface area contributed by atoms with Gasteiger partial charge < -0.3 is 14.2 Å². The highest BCUT2D eigenvalue weighted by Gasteiger charge is 2.21. The molecule has 0 bridgehead atoms. The summed E-state index contributed by atoms with van der Waals surface area (Å²) in [7, 11) is 2.75. The lowest BCUT2D eigenvalue weighted by Crippen LogP contribution is -2.21. The van der Waals surface area contributed by atoms with Gasteiger partial charge in [0.25, 0.3) is 0 Å². The molecule has 0 aromatic heterocycles. The van der Waals surface area contributed by atoms with Crippen molar-refractivity contribution in [3.63, 3.8) is 0 Å². The molecule has 4 nitrogen and oxygen atoms in total. The van der Waals surface area contributed by atoms with Gasteiger partial charge in [-0.3, -0.25) is 4.79 Å². The van der Waals surface area contributed by atoms with Crippen LogP contribution in [-0.2, 0) is 9.53 Å². The number of ketones is 1. The fourth-order valence-electron chi connectivity index (χ4n) is 2.76. The Hall–Kier alpha value is -2.99. The molecule has 27 heavy (non-hydrogen) atoms. The van der Waals surface area contributed by atoms with Crippen LogP contribution in [0.5, 0.6) is 11.5 Å². The molecule has 1 aliphatic rings. The normalized spacial score (nSPS) is 17.4. The van der Waals surface area contributed by atoms with E-state index in [1.807, 2.05) is 0 Å². The van der Waals surface area contributed by atoms with E-state index in [1.54, 1.807) is 24.3 Å². The number of hydrogen-bond acceptors (Lipinski definition) is 4. The standard InChI is InChI=1S/C21H18F2O4/c1-25-19-9-13(3-5-17(19)22)7-15-11-27-12-16(21(15)24)8-14-4-6-18(23)20(10-14)26-2/h3-10H,11-12H2,1-2H3/b15-7+,16-8+. The summed E-state index contributed by atoms with van der Waals surface area (Å²) in [5.74, 6) is -0.924. The predicted octanol–water partition coefficient (Wildman–Crippen LogP) is 4.05. The topological polar surface area (TPSA) is 44.8 Å². The van der Waals surface area contributed by atoms with Crippen LogP contribution in [0.4, 0.5) is 8.78 Å². The van der Waals surface area contributed by atoms with Gasteiger partial charge in [-0.25, -0.2) is 8.78 Å². The minimum absolute atomic E-state index is 0.0997. The summed E-state index contributed by atoms with van der Waals surface area (Å²) in [6.45, 7) is 0.311. The second-order valence-corrected chi connectivity index (χ2v) is 5.95. The third-order valence-electron chi connectivity index (χ3n) is 4.13. The molecule has 2 aromatic rings. The van der Waals surface area contributed by atoms with E-state index >= 15 is 0 Å². The molecule has 1 fully saturated rings. The number of methoxy groups -OCH3 is 2. The van der Waals surface area contributed by atoms with Crippen molar-refractivity contribution in [3.8, 4) is 11.5 Å². The Kier molecular flexibility index (Phi) is 5.66. The van der Waals surface area contributed by atoms with Gasteiger partial charge in [-0.15, -0.1) is 0 Å². The fraction of sp³-hybridized carbons (Fsp3) is 0.190. The van der Waals surface area contributed by atoms with Crippen molar-refractivity contribution in [2.45, 2.75) is 0 Å². The monoisotopic (exact) mass is 372 g/mol. The first kappa shape index (κ1) is 18.8. The molecule has 0 spiro atoms. The van der Waals surface area contributed by atoms with Gasteiger partial charge in [-0.05, 0) is 47.5 Å². The van der Waals surface area contributed by atoms with Crippen molar-refractivity contribution in [2.75, 3.05) is 27.4 Å². The summed E-state index contributed by atoms with van der Waals surface area (Å²) in [6.07, 6.45) is 3.28. The van der Waals surface area contributed by atoms with Crippen LogP contribution in [0.15, 0.2) is 47.5 Å². The Bertz CT molecular complexity index is 858. The Morgan fingerprint density at radius 1 is 0.852 bits per heavy atom. The number of carbonyl (C=O) groups excluding carboxylic acids is 1. The maximum absolute atomic E-state index is 13.5. The number of benzene rings is 2. The first-order valence-electron chi connectivity index (χ1n) is 8.22. The van der Waals surface area contributed by atoms with E-state index in [9.17, 15) is 13.6 Å². The maximum atomic E-state index is 13.5. The van der Waals surface area contributed by atoms with Gasteiger partial charge in [0.1, 0.15) is 0 Å². The van der Waals surface area contributed by atoms with Crippen molar-refractivity contribution >= 4 is 17.9 Å². The second-order valence-electron chi connectivity index (χ2n) is 5.95. The largest absolute Gasteiger partial charge is 0.494 e. The van der Waals surface area contributed by atoms with Crippen LogP contribution >= 0.6 is 0 Å². The molecule has 0 aliphatic carbocycles. The van der Waals surface area contributed by atoms with Gasteiger partial charge in [0, 0.05) is 11.1 Å². The summed E-state index contributed by atoms with van der Waals surface area (Å²) in [6, 6.07) is 8.70. The van der Waals surface area contributed by atoms with E-state index in [0.29, 0.717) is 22.3 Å². The molecule has 1 aliphatic heterocycles. The van der Waals surface area contributed by atoms with Crippen LogP contribution in [-0.4, -0.2) is 33.2 Å². The number of hydrogen-bond donors (Lipinski definition) is 0. The molecule has 1 heterocycles. The summed E-state index contributed by atoms with van der Waals surface area (Å²) in [5.41, 5.74) is 2.14. The lowest BCUT2D eigenvalue weighted by atomic mass is 9.97. The Morgan fingerprint density at radius 3 is 1.70 bits per heavy atom. The minimum atomic E-state index is -0.475. The first-order chi connectivity index (χ1) is 13.0. The Labute approximate surface area is 155 Å². The molecule has 0 atom stereocenters. The number of carbonyl (C=O) groups is 1. The number of ether oxygens (including phenoxy) is 3. The van der Waals surface area contributed by atoms with Gasteiger partial charge in [0.15, 0.2) is 28.9 Å². The molecular formula is C21H18F2O4. The molecule has 6 heteroatoms. The predicted molar refractivity (Wildman–Crippen MR) is 97.7 cm³/mol. The van der Waals surface area contributed by atoms with Gasteiger partial charge in [0.05, 0.1) is 27.4 Å². The van der Waals surface area contributed by atoms with Crippen LogP contribution in [0.1, 0.15) is 11.1 Å². The van der Waals surface area contributed by atoms with Gasteiger partial charge in [0.2, 0.25) is 0 Å². The van der Waals surface area contributed by atoms with Crippen molar-refractivity contribution in [1.29, 1.82) is 0 Å². The van der Waals surface area contributed by atoms with Crippen molar-refractivity contribution in [3.05, 3.63) is 70.3 Å². The molecular weight excluding hydrogens is 354 g/mol. The van der Waals surface area contributed by atoms with Crippen LogP contribution in [0.2, 0.25) is 0 Å². The molecule has 0 saturated carbocycles. The lowest BCUT2D eigenvalue weighted by Gasteiger charge is -2.17. The van der Waals surface area contributed by atoms with Gasteiger partial charge in [-0.2, -0.15) is 0 Å². The zero-order chi connectivity index (χ0) is 19.4. The quantitative estimate of drug-likeness (QED) is 0.760. The molecule has 1 saturated heterocycles. The summed E-state index contributed by atoms with van der Waals surface area (Å²) in [5, 5.41) is 0. The second kappa shape index (κ2) is 8.14. The highest BCUT2D eigenvalue weighted by atomic mass is 19.1. The molecule has 2 aromatic carbocycles. The first-order valence-corrected chi connectivity index (χ1v) is 8.22. The average Bonchev–Trinajstić information content (AvgIpc) is 2.67. The molecule has 0 N–H and O–H groups in total. The maximum Gasteiger partial charge on any atom is 0.189 e. The molecule has 0 radical (unpaired) electrons. The van der Waals surface area contributed by atoms with Gasteiger partial charge >= 0.3 is 0 Å². The van der Waals surface area contributed by atoms with Crippen molar-refractivity contribution in [2.24, 2.45) is 0 Å². The van der Waals surface area contributed by atoms with E-state index in [-0.39, 0.29) is 30.5 Å². The van der Waals surface area contributed by atoms with Crippen LogP contribution in [0.25, 0.3) is 12.2 Å². The van der Waals surface area contributed by atoms with E-state index in [0.717, 1.165) is 0 Å². The number of Topliss-reactive ketones (excluding diaryl/α,β-unsaturated/α-hetero) is 1. The SMILES string of the molecule is COc1cc(/C=C2\COC/C(=C\c3ccc(F)c(OC)c3)C2=O)ccc1F. The van der Waals surface area contributed by atoms with Crippen LogP contribution in [0.3, 0.4) is 0 Å². The summed E-state index contributed by atoms with van der Waals surface area (Å²) in [4.78, 5) is 12.7. The number of rotatable bonds is 4. The summed E-state index contributed by atoms with van der Waals surface area (Å²) < 4.78 is 42.5. The highest BCUT2D eigenvalue weighted by molar-refractivity contribution is 6.14. The third-order valence-corrected chi connectivity index (χ3v) is 4.13. The molecule has 3 rings (SSSR count). The Morgan fingerprint density at radius 2 is 1.30 bits per heavy atom. The van der Waals surface area contributed by atoms with Crippen molar-refractivity contribution < 1.29 is 27.8 Å².